The number of aromatic hydroxyl groups is 1. The standard InChI is InChI=1S/C18H24N2O3/c1-19-11-4-9-18(17(19)23)10-12-20(13-18)16(22)8-7-14-5-2-3-6-15(14)21/h2-3,5-6,21H,4,7-13H2,1H3/t18-/m1/s1. The Morgan fingerprint density at radius 3 is 2.83 bits per heavy atom. The minimum absolute atomic E-state index is 0.0751. The van der Waals surface area contributed by atoms with Crippen LogP contribution in [-0.4, -0.2) is 53.4 Å². The van der Waals surface area contributed by atoms with Crippen molar-refractivity contribution in [1.29, 1.82) is 0 Å². The van der Waals surface area contributed by atoms with E-state index in [1.54, 1.807) is 17.0 Å². The van der Waals surface area contributed by atoms with Crippen molar-refractivity contribution in [2.75, 3.05) is 26.7 Å². The molecule has 2 aliphatic heterocycles. The maximum atomic E-state index is 12.5. The van der Waals surface area contributed by atoms with Crippen molar-refractivity contribution in [1.82, 2.24) is 9.80 Å². The molecule has 0 bridgehead atoms. The van der Waals surface area contributed by atoms with Gasteiger partial charge >= 0.3 is 0 Å². The monoisotopic (exact) mass is 316 g/mol. The van der Waals surface area contributed by atoms with Crippen molar-refractivity contribution in [3.63, 3.8) is 0 Å². The number of carbonyl (C=O) groups excluding carboxylic acids is 2. The highest BCUT2D eigenvalue weighted by Gasteiger charge is 2.48. The van der Waals surface area contributed by atoms with E-state index in [1.165, 1.54) is 0 Å². The Morgan fingerprint density at radius 2 is 2.04 bits per heavy atom. The van der Waals surface area contributed by atoms with Gasteiger partial charge in [-0.25, -0.2) is 0 Å². The van der Waals surface area contributed by atoms with E-state index >= 15 is 0 Å². The lowest BCUT2D eigenvalue weighted by Crippen LogP contribution is -2.48. The summed E-state index contributed by atoms with van der Waals surface area (Å²) < 4.78 is 0. The van der Waals surface area contributed by atoms with Crippen molar-refractivity contribution < 1.29 is 14.7 Å². The fraction of sp³-hybridized carbons (Fsp3) is 0.556. The molecule has 23 heavy (non-hydrogen) atoms. The first-order chi connectivity index (χ1) is 11.0. The number of benzene rings is 1. The number of phenolic OH excluding ortho intramolecular Hbond substituents is 1. The summed E-state index contributed by atoms with van der Waals surface area (Å²) in [4.78, 5) is 28.6. The Morgan fingerprint density at radius 1 is 1.26 bits per heavy atom. The molecule has 1 atom stereocenters. The van der Waals surface area contributed by atoms with Crippen molar-refractivity contribution in [3.05, 3.63) is 29.8 Å². The van der Waals surface area contributed by atoms with Gasteiger partial charge in [-0.15, -0.1) is 0 Å². The molecule has 2 amide bonds. The quantitative estimate of drug-likeness (QED) is 0.925. The second kappa shape index (κ2) is 6.22. The number of nitrogens with zero attached hydrogens (tertiary/aromatic N) is 2. The highest BCUT2D eigenvalue weighted by atomic mass is 16.3. The van der Waals surface area contributed by atoms with Crippen molar-refractivity contribution in [2.24, 2.45) is 5.41 Å². The molecule has 0 unspecified atom stereocenters. The van der Waals surface area contributed by atoms with Gasteiger partial charge in [0.05, 0.1) is 5.41 Å². The topological polar surface area (TPSA) is 60.9 Å². The second-order valence-corrected chi connectivity index (χ2v) is 6.80. The van der Waals surface area contributed by atoms with Crippen LogP contribution in [-0.2, 0) is 16.0 Å². The molecule has 2 heterocycles. The Labute approximate surface area is 136 Å². The highest BCUT2D eigenvalue weighted by Crippen LogP contribution is 2.39. The summed E-state index contributed by atoms with van der Waals surface area (Å²) >= 11 is 0. The molecule has 1 aromatic rings. The minimum Gasteiger partial charge on any atom is -0.508 e. The van der Waals surface area contributed by atoms with E-state index in [0.29, 0.717) is 25.9 Å². The Balaban J connectivity index is 1.59. The summed E-state index contributed by atoms with van der Waals surface area (Å²) in [6.07, 6.45) is 3.58. The normalized spacial score (nSPS) is 24.5. The Hall–Kier alpha value is -2.04. The van der Waals surface area contributed by atoms with Gasteiger partial charge in [-0.2, -0.15) is 0 Å². The first-order valence-corrected chi connectivity index (χ1v) is 8.32. The molecule has 2 aliphatic rings. The van der Waals surface area contributed by atoms with Crippen LogP contribution >= 0.6 is 0 Å². The number of para-hydroxylation sites is 1. The SMILES string of the molecule is CN1CCC[C@]2(CCN(C(=O)CCc3ccccc3O)C2)C1=O. The van der Waals surface area contributed by atoms with Crippen molar-refractivity contribution in [2.45, 2.75) is 32.1 Å². The molecule has 2 fully saturated rings. The fourth-order valence-corrected chi connectivity index (χ4v) is 3.85. The van der Waals surface area contributed by atoms with E-state index in [1.807, 2.05) is 24.1 Å². The molecule has 1 aromatic carbocycles. The first kappa shape index (κ1) is 15.8. The van der Waals surface area contributed by atoms with Crippen LogP contribution in [0.5, 0.6) is 5.75 Å². The average molecular weight is 316 g/mol. The summed E-state index contributed by atoms with van der Waals surface area (Å²) in [6.45, 7) is 2.04. The summed E-state index contributed by atoms with van der Waals surface area (Å²) in [5, 5.41) is 9.78. The maximum absolute atomic E-state index is 12.5. The third kappa shape index (κ3) is 3.05. The predicted molar refractivity (Wildman–Crippen MR) is 86.9 cm³/mol. The number of piperidine rings is 1. The summed E-state index contributed by atoms with van der Waals surface area (Å²) in [6, 6.07) is 7.12. The van der Waals surface area contributed by atoms with Crippen LogP contribution in [0.4, 0.5) is 0 Å². The number of amides is 2. The number of hydrogen-bond donors (Lipinski definition) is 1. The molecule has 1 spiro atoms. The fourth-order valence-electron chi connectivity index (χ4n) is 3.85. The molecular weight excluding hydrogens is 292 g/mol. The molecule has 0 aromatic heterocycles. The molecule has 0 aliphatic carbocycles. The molecule has 2 saturated heterocycles. The Kier molecular flexibility index (Phi) is 4.28. The van der Waals surface area contributed by atoms with Gasteiger partial charge < -0.3 is 14.9 Å². The molecule has 0 saturated carbocycles. The van der Waals surface area contributed by atoms with Gasteiger partial charge in [-0.1, -0.05) is 18.2 Å². The molecule has 5 heteroatoms. The number of carbonyl (C=O) groups is 2. The van der Waals surface area contributed by atoms with Gasteiger partial charge in [0.25, 0.3) is 0 Å². The van der Waals surface area contributed by atoms with Gasteiger partial charge in [0, 0.05) is 33.1 Å². The largest absolute Gasteiger partial charge is 0.508 e. The van der Waals surface area contributed by atoms with Gasteiger partial charge in [0.2, 0.25) is 11.8 Å². The summed E-state index contributed by atoms with van der Waals surface area (Å²) in [5.41, 5.74) is 0.445. The molecule has 124 valence electrons. The van der Waals surface area contributed by atoms with E-state index in [4.69, 9.17) is 0 Å². The van der Waals surface area contributed by atoms with Crippen LogP contribution in [0.1, 0.15) is 31.2 Å². The lowest BCUT2D eigenvalue weighted by Gasteiger charge is -2.37. The molecular formula is C18H24N2O3. The molecule has 5 nitrogen and oxygen atoms in total. The number of likely N-dealkylation sites (tertiary alicyclic amines) is 2. The summed E-state index contributed by atoms with van der Waals surface area (Å²) in [7, 11) is 1.85. The van der Waals surface area contributed by atoms with Crippen LogP contribution in [0.2, 0.25) is 0 Å². The smallest absolute Gasteiger partial charge is 0.230 e. The zero-order valence-corrected chi connectivity index (χ0v) is 13.6. The minimum atomic E-state index is -0.350. The van der Waals surface area contributed by atoms with E-state index in [0.717, 1.165) is 31.4 Å². The van der Waals surface area contributed by atoms with E-state index in [2.05, 4.69) is 0 Å². The van der Waals surface area contributed by atoms with Gasteiger partial charge in [-0.3, -0.25) is 9.59 Å². The molecule has 3 rings (SSSR count). The first-order valence-electron chi connectivity index (χ1n) is 8.32. The number of hydrogen-bond acceptors (Lipinski definition) is 3. The van der Waals surface area contributed by atoms with Crippen LogP contribution < -0.4 is 0 Å². The maximum Gasteiger partial charge on any atom is 0.230 e. The third-order valence-electron chi connectivity index (χ3n) is 5.26. The third-order valence-corrected chi connectivity index (χ3v) is 5.26. The number of phenols is 1. The van der Waals surface area contributed by atoms with Crippen molar-refractivity contribution in [3.8, 4) is 5.75 Å². The second-order valence-electron chi connectivity index (χ2n) is 6.80. The lowest BCUT2D eigenvalue weighted by atomic mass is 9.78. The van der Waals surface area contributed by atoms with E-state index in [9.17, 15) is 14.7 Å². The highest BCUT2D eigenvalue weighted by molar-refractivity contribution is 5.86. The lowest BCUT2D eigenvalue weighted by molar-refractivity contribution is -0.144. The number of aryl methyl sites for hydroxylation is 1. The van der Waals surface area contributed by atoms with Crippen LogP contribution in [0.25, 0.3) is 0 Å². The zero-order valence-electron chi connectivity index (χ0n) is 13.6. The molecule has 0 radical (unpaired) electrons. The predicted octanol–water partition coefficient (Wildman–Crippen LogP) is 1.80. The van der Waals surface area contributed by atoms with Crippen LogP contribution in [0.3, 0.4) is 0 Å². The van der Waals surface area contributed by atoms with Crippen LogP contribution in [0.15, 0.2) is 24.3 Å². The van der Waals surface area contributed by atoms with Crippen LogP contribution in [0, 0.1) is 5.41 Å². The summed E-state index contributed by atoms with van der Waals surface area (Å²) in [5.74, 6) is 0.508. The zero-order chi connectivity index (χ0) is 16.4. The molecule has 1 N–H and O–H groups in total. The van der Waals surface area contributed by atoms with E-state index in [-0.39, 0.29) is 23.0 Å². The van der Waals surface area contributed by atoms with Gasteiger partial charge in [0.15, 0.2) is 0 Å². The van der Waals surface area contributed by atoms with Gasteiger partial charge in [-0.05, 0) is 37.3 Å². The number of rotatable bonds is 3. The Bertz CT molecular complexity index is 616. The average Bonchev–Trinajstić information content (AvgIpc) is 2.97. The van der Waals surface area contributed by atoms with Crippen molar-refractivity contribution >= 4 is 11.8 Å². The van der Waals surface area contributed by atoms with Gasteiger partial charge in [0.1, 0.15) is 5.75 Å². The van der Waals surface area contributed by atoms with E-state index < -0.39 is 0 Å².